The molecule has 182 valence electrons. The Labute approximate surface area is 199 Å². The summed E-state index contributed by atoms with van der Waals surface area (Å²) in [5.74, 6) is -1.20. The van der Waals surface area contributed by atoms with Gasteiger partial charge in [-0.25, -0.2) is 0 Å². The third-order valence-electron chi connectivity index (χ3n) is 5.18. The second-order valence-electron chi connectivity index (χ2n) is 7.41. The normalized spacial score (nSPS) is 16.6. The van der Waals surface area contributed by atoms with Gasteiger partial charge < -0.3 is 30.6 Å². The smallest absolute Gasteiger partial charge is 0.387 e. The zero-order valence-electron chi connectivity index (χ0n) is 18.1. The van der Waals surface area contributed by atoms with Crippen LogP contribution in [0.3, 0.4) is 0 Å². The number of amides is 2. The first-order valence-electron chi connectivity index (χ1n) is 10.2. The largest absolute Gasteiger partial charge is 0.435 e. The van der Waals surface area contributed by atoms with E-state index in [9.17, 15) is 23.5 Å². The molecule has 2 atom stereocenters. The van der Waals surface area contributed by atoms with Crippen molar-refractivity contribution in [1.29, 1.82) is 0 Å². The lowest BCUT2D eigenvalue weighted by Gasteiger charge is -2.40. The Morgan fingerprint density at radius 3 is 2.59 bits per heavy atom. The van der Waals surface area contributed by atoms with Gasteiger partial charge in [0.15, 0.2) is 11.9 Å². The molecule has 0 radical (unpaired) electrons. The third-order valence-corrected chi connectivity index (χ3v) is 5.40. The van der Waals surface area contributed by atoms with Crippen LogP contribution < -0.4 is 15.8 Å². The van der Waals surface area contributed by atoms with Gasteiger partial charge in [-0.15, -0.1) is 0 Å². The van der Waals surface area contributed by atoms with Crippen LogP contribution in [0.2, 0.25) is 5.02 Å². The standard InChI is InChI=1S/C22H23ClF2N4O5/c1-33-28-19(26)13-4-2-12(3-5-13)11-27-20(31)17-6-7-29(17)21(32)18(30)14-8-15(23)10-16(9-14)34-22(24)25/h2-5,8-10,17-18,22,30H,6-7,11H2,1H3,(H2,26,28)(H,27,31). The van der Waals surface area contributed by atoms with Crippen LogP contribution in [0, 0.1) is 0 Å². The minimum absolute atomic E-state index is 0.0131. The summed E-state index contributed by atoms with van der Waals surface area (Å²) in [6.45, 7) is -2.61. The maximum Gasteiger partial charge on any atom is 0.387 e. The molecule has 0 saturated carbocycles. The Morgan fingerprint density at radius 1 is 1.29 bits per heavy atom. The van der Waals surface area contributed by atoms with Crippen molar-refractivity contribution in [3.05, 3.63) is 64.2 Å². The molecule has 2 aromatic rings. The predicted molar refractivity (Wildman–Crippen MR) is 119 cm³/mol. The number of benzene rings is 2. The number of aliphatic hydroxyl groups is 1. The molecule has 2 aromatic carbocycles. The Hall–Kier alpha value is -3.44. The van der Waals surface area contributed by atoms with E-state index >= 15 is 0 Å². The van der Waals surface area contributed by atoms with E-state index in [1.807, 2.05) is 0 Å². The molecule has 0 spiro atoms. The topological polar surface area (TPSA) is 126 Å². The summed E-state index contributed by atoms with van der Waals surface area (Å²) in [6, 6.07) is 9.73. The van der Waals surface area contributed by atoms with Gasteiger partial charge in [0.2, 0.25) is 5.91 Å². The number of nitrogens with two attached hydrogens (primary N) is 1. The van der Waals surface area contributed by atoms with E-state index in [-0.39, 0.29) is 41.2 Å². The van der Waals surface area contributed by atoms with Crippen LogP contribution >= 0.6 is 11.6 Å². The number of likely N-dealkylation sites (tertiary alicyclic amines) is 1. The fourth-order valence-electron chi connectivity index (χ4n) is 3.39. The lowest BCUT2D eigenvalue weighted by Crippen LogP contribution is -2.59. The SMILES string of the molecule is CO/N=C(\N)c1ccc(CNC(=O)C2CCN2C(=O)C(O)c2cc(Cl)cc(OC(F)F)c2)cc1. The zero-order chi connectivity index (χ0) is 24.8. The van der Waals surface area contributed by atoms with Gasteiger partial charge in [-0.1, -0.05) is 41.0 Å². The van der Waals surface area contributed by atoms with Crippen LogP contribution in [0.5, 0.6) is 5.75 Å². The fourth-order valence-corrected chi connectivity index (χ4v) is 3.62. The van der Waals surface area contributed by atoms with E-state index in [0.717, 1.165) is 17.7 Å². The van der Waals surface area contributed by atoms with Crippen LogP contribution in [-0.4, -0.2) is 54.0 Å². The van der Waals surface area contributed by atoms with Gasteiger partial charge in [0, 0.05) is 23.7 Å². The zero-order valence-corrected chi connectivity index (χ0v) is 18.8. The van der Waals surface area contributed by atoms with Crippen LogP contribution in [0.1, 0.15) is 29.2 Å². The molecule has 12 heteroatoms. The molecule has 1 saturated heterocycles. The second-order valence-corrected chi connectivity index (χ2v) is 7.85. The lowest BCUT2D eigenvalue weighted by molar-refractivity contribution is -0.154. The quantitative estimate of drug-likeness (QED) is 0.277. The van der Waals surface area contributed by atoms with Gasteiger partial charge in [0.1, 0.15) is 18.9 Å². The van der Waals surface area contributed by atoms with Gasteiger partial charge in [-0.05, 0) is 35.7 Å². The molecule has 2 amide bonds. The molecule has 4 N–H and O–H groups in total. The number of alkyl halides is 2. The number of hydrogen-bond acceptors (Lipinski definition) is 6. The first-order chi connectivity index (χ1) is 16.2. The van der Waals surface area contributed by atoms with Crippen molar-refractivity contribution in [1.82, 2.24) is 10.2 Å². The molecule has 1 aliphatic rings. The molecular weight excluding hydrogens is 474 g/mol. The van der Waals surface area contributed by atoms with Crippen LogP contribution in [0.15, 0.2) is 47.6 Å². The van der Waals surface area contributed by atoms with E-state index in [2.05, 4.69) is 20.0 Å². The van der Waals surface area contributed by atoms with Crippen LogP contribution in [0.4, 0.5) is 8.78 Å². The van der Waals surface area contributed by atoms with Crippen LogP contribution in [-0.2, 0) is 21.0 Å². The number of rotatable bonds is 9. The maximum atomic E-state index is 12.7. The number of amidine groups is 1. The van der Waals surface area contributed by atoms with Crippen molar-refractivity contribution in [3.63, 3.8) is 0 Å². The summed E-state index contributed by atoms with van der Waals surface area (Å²) in [5.41, 5.74) is 7.18. The van der Waals surface area contributed by atoms with E-state index < -0.39 is 24.7 Å². The highest BCUT2D eigenvalue weighted by molar-refractivity contribution is 6.30. The summed E-state index contributed by atoms with van der Waals surface area (Å²) < 4.78 is 29.3. The van der Waals surface area contributed by atoms with Gasteiger partial charge in [-0.2, -0.15) is 8.78 Å². The molecule has 0 aromatic heterocycles. The average molecular weight is 497 g/mol. The molecule has 2 unspecified atom stereocenters. The minimum atomic E-state index is -3.09. The number of aliphatic hydroxyl groups excluding tert-OH is 1. The average Bonchev–Trinajstić information content (AvgIpc) is 2.76. The summed E-state index contributed by atoms with van der Waals surface area (Å²) in [4.78, 5) is 31.2. The number of oxime groups is 1. The molecule has 1 aliphatic heterocycles. The minimum Gasteiger partial charge on any atom is -0.435 e. The number of ether oxygens (including phenoxy) is 1. The highest BCUT2D eigenvalue weighted by Crippen LogP contribution is 2.29. The molecule has 0 aliphatic carbocycles. The Morgan fingerprint density at radius 2 is 2.00 bits per heavy atom. The number of halogens is 3. The van der Waals surface area contributed by atoms with Crippen molar-refractivity contribution in [2.45, 2.75) is 31.7 Å². The summed E-state index contributed by atoms with van der Waals surface area (Å²) in [6.07, 6.45) is -1.27. The molecule has 3 rings (SSSR count). The molecule has 9 nitrogen and oxygen atoms in total. The first-order valence-corrected chi connectivity index (χ1v) is 10.5. The highest BCUT2D eigenvalue weighted by Gasteiger charge is 2.40. The first kappa shape index (κ1) is 25.2. The van der Waals surface area contributed by atoms with E-state index in [0.29, 0.717) is 12.0 Å². The molecule has 0 bridgehead atoms. The Bertz CT molecular complexity index is 1070. The monoisotopic (exact) mass is 496 g/mol. The summed E-state index contributed by atoms with van der Waals surface area (Å²) in [7, 11) is 1.39. The highest BCUT2D eigenvalue weighted by atomic mass is 35.5. The molecule has 1 fully saturated rings. The lowest BCUT2D eigenvalue weighted by atomic mass is 9.98. The Kier molecular flexibility index (Phi) is 8.24. The van der Waals surface area contributed by atoms with Crippen molar-refractivity contribution in [2.24, 2.45) is 10.9 Å². The summed E-state index contributed by atoms with van der Waals surface area (Å²) in [5, 5.41) is 16.9. The van der Waals surface area contributed by atoms with E-state index in [4.69, 9.17) is 17.3 Å². The molecule has 1 heterocycles. The number of hydrogen-bond donors (Lipinski definition) is 3. The number of nitrogens with zero attached hydrogens (tertiary/aromatic N) is 2. The molecule has 34 heavy (non-hydrogen) atoms. The number of carbonyl (C=O) groups is 2. The fraction of sp³-hybridized carbons (Fsp3) is 0.318. The van der Waals surface area contributed by atoms with E-state index in [1.165, 1.54) is 18.1 Å². The van der Waals surface area contributed by atoms with Gasteiger partial charge in [0.05, 0.1) is 0 Å². The summed E-state index contributed by atoms with van der Waals surface area (Å²) >= 11 is 5.89. The van der Waals surface area contributed by atoms with E-state index in [1.54, 1.807) is 24.3 Å². The van der Waals surface area contributed by atoms with Crippen molar-refractivity contribution in [2.75, 3.05) is 13.7 Å². The van der Waals surface area contributed by atoms with Gasteiger partial charge >= 0.3 is 6.61 Å². The second kappa shape index (κ2) is 11.1. The maximum absolute atomic E-state index is 12.7. The van der Waals surface area contributed by atoms with Crippen molar-refractivity contribution >= 4 is 29.3 Å². The predicted octanol–water partition coefficient (Wildman–Crippen LogP) is 2.16. The van der Waals surface area contributed by atoms with Gasteiger partial charge in [0.25, 0.3) is 5.91 Å². The van der Waals surface area contributed by atoms with Crippen molar-refractivity contribution in [3.8, 4) is 5.75 Å². The Balaban J connectivity index is 1.59. The molecular formula is C22H23ClF2N4O5. The number of nitrogens with one attached hydrogen (secondary N) is 1. The van der Waals surface area contributed by atoms with Crippen LogP contribution in [0.25, 0.3) is 0 Å². The third kappa shape index (κ3) is 6.12. The van der Waals surface area contributed by atoms with Gasteiger partial charge in [-0.3, -0.25) is 9.59 Å². The van der Waals surface area contributed by atoms with Crippen molar-refractivity contribution < 1.29 is 33.1 Å². The number of carbonyl (C=O) groups excluding carboxylic acids is 2.